The third-order valence-electron chi connectivity index (χ3n) is 3.81. The Kier molecular flexibility index (Phi) is 3.64. The molecule has 0 amide bonds. The average molecular weight is 300 g/mol. The molecule has 108 valence electrons. The second-order valence-corrected chi connectivity index (χ2v) is 5.14. The molecule has 3 rings (SSSR count). The molecule has 0 N–H and O–H groups in total. The van der Waals surface area contributed by atoms with Crippen molar-refractivity contribution in [3.63, 3.8) is 0 Å². The molecule has 4 heteroatoms. The number of thiol groups is 1. The van der Waals surface area contributed by atoms with Crippen molar-refractivity contribution in [2.24, 2.45) is 0 Å². The molecule has 0 bridgehead atoms. The zero-order chi connectivity index (χ0) is 15.0. The fourth-order valence-electron chi connectivity index (χ4n) is 2.71. The molecule has 3 nitrogen and oxygen atoms in total. The summed E-state index contributed by atoms with van der Waals surface area (Å²) >= 11 is 3.93. The van der Waals surface area contributed by atoms with Crippen molar-refractivity contribution in [1.29, 1.82) is 0 Å². The maximum absolute atomic E-state index is 12.8. The highest BCUT2D eigenvalue weighted by atomic mass is 32.1. The topological polar surface area (TPSA) is 39.4 Å². The van der Waals surface area contributed by atoms with Crippen molar-refractivity contribution in [3.05, 3.63) is 51.7 Å². The molecule has 2 aromatic carbocycles. The van der Waals surface area contributed by atoms with Gasteiger partial charge in [-0.1, -0.05) is 26.0 Å². The van der Waals surface area contributed by atoms with E-state index in [1.807, 2.05) is 38.1 Å². The fraction of sp³-hybridized carbons (Fsp3) is 0.235. The molecule has 3 aromatic rings. The van der Waals surface area contributed by atoms with Crippen LogP contribution in [-0.4, -0.2) is 0 Å². The molecule has 0 fully saturated rings. The first kappa shape index (κ1) is 14.0. The largest absolute Gasteiger partial charge is 0.455 e. The first-order valence-electron chi connectivity index (χ1n) is 7.03. The molecule has 0 aliphatic heterocycles. The monoisotopic (exact) mass is 300 g/mol. The smallest absolute Gasteiger partial charge is 0.204 e. The zero-order valence-corrected chi connectivity index (χ0v) is 12.9. The van der Waals surface area contributed by atoms with Gasteiger partial charge in [0.1, 0.15) is 16.6 Å². The maximum atomic E-state index is 12.8. The van der Waals surface area contributed by atoms with E-state index >= 15 is 0 Å². The van der Waals surface area contributed by atoms with E-state index < -0.39 is 0 Å². The SMILES string of the molecule is CCc1cc(CC)c2oc3ccccc3c(=O)c2c1OS. The highest BCUT2D eigenvalue weighted by molar-refractivity contribution is 7.75. The van der Waals surface area contributed by atoms with Crippen LogP contribution in [0.15, 0.2) is 39.5 Å². The van der Waals surface area contributed by atoms with Crippen molar-refractivity contribution in [3.8, 4) is 5.75 Å². The predicted molar refractivity (Wildman–Crippen MR) is 88.4 cm³/mol. The maximum Gasteiger partial charge on any atom is 0.204 e. The first-order chi connectivity index (χ1) is 10.2. The molecule has 0 atom stereocenters. The Bertz CT molecular complexity index is 880. The van der Waals surface area contributed by atoms with Gasteiger partial charge in [0.25, 0.3) is 0 Å². The number of rotatable bonds is 3. The van der Waals surface area contributed by atoms with Crippen LogP contribution in [0.25, 0.3) is 21.9 Å². The summed E-state index contributed by atoms with van der Waals surface area (Å²) < 4.78 is 11.2. The Balaban J connectivity index is 2.60. The third kappa shape index (κ3) is 2.10. The van der Waals surface area contributed by atoms with Gasteiger partial charge >= 0.3 is 0 Å². The second-order valence-electron chi connectivity index (χ2n) is 4.95. The zero-order valence-electron chi connectivity index (χ0n) is 12.0. The van der Waals surface area contributed by atoms with Gasteiger partial charge in [0.05, 0.1) is 5.39 Å². The summed E-state index contributed by atoms with van der Waals surface area (Å²) in [5.74, 6) is 0.507. The van der Waals surface area contributed by atoms with Gasteiger partial charge in [0, 0.05) is 12.9 Å². The van der Waals surface area contributed by atoms with Gasteiger partial charge in [-0.25, -0.2) is 0 Å². The van der Waals surface area contributed by atoms with Gasteiger partial charge in [-0.2, -0.15) is 0 Å². The van der Waals surface area contributed by atoms with E-state index in [2.05, 4.69) is 12.9 Å². The molecule has 0 radical (unpaired) electrons. The Morgan fingerprint density at radius 2 is 1.86 bits per heavy atom. The summed E-state index contributed by atoms with van der Waals surface area (Å²) in [6, 6.07) is 9.30. The summed E-state index contributed by atoms with van der Waals surface area (Å²) in [5.41, 5.74) is 3.11. The van der Waals surface area contributed by atoms with E-state index in [-0.39, 0.29) is 5.43 Å². The summed E-state index contributed by atoms with van der Waals surface area (Å²) in [6.07, 6.45) is 1.56. The second kappa shape index (κ2) is 5.45. The molecule has 0 saturated heterocycles. The highest BCUT2D eigenvalue weighted by Crippen LogP contribution is 2.34. The van der Waals surface area contributed by atoms with Crippen LogP contribution in [-0.2, 0) is 12.8 Å². The molecule has 0 spiro atoms. The van der Waals surface area contributed by atoms with Crippen molar-refractivity contribution >= 4 is 34.8 Å². The predicted octanol–water partition coefficient (Wildman–Crippen LogP) is 4.29. The van der Waals surface area contributed by atoms with E-state index in [0.717, 1.165) is 24.0 Å². The molecule has 0 aliphatic carbocycles. The van der Waals surface area contributed by atoms with Crippen molar-refractivity contribution < 1.29 is 8.60 Å². The van der Waals surface area contributed by atoms with Crippen LogP contribution >= 0.6 is 12.9 Å². The Morgan fingerprint density at radius 1 is 1.14 bits per heavy atom. The van der Waals surface area contributed by atoms with Gasteiger partial charge < -0.3 is 8.60 Å². The molecule has 0 aliphatic rings. The van der Waals surface area contributed by atoms with E-state index in [1.54, 1.807) is 6.07 Å². The van der Waals surface area contributed by atoms with Crippen LogP contribution in [0.2, 0.25) is 0 Å². The Labute approximate surface area is 128 Å². The van der Waals surface area contributed by atoms with Gasteiger partial charge in [-0.15, -0.1) is 0 Å². The number of hydrogen-bond acceptors (Lipinski definition) is 4. The van der Waals surface area contributed by atoms with Crippen LogP contribution < -0.4 is 9.61 Å². The quantitative estimate of drug-likeness (QED) is 0.445. The number of aryl methyl sites for hydroxylation is 2. The van der Waals surface area contributed by atoms with E-state index in [0.29, 0.717) is 27.7 Å². The van der Waals surface area contributed by atoms with Gasteiger partial charge in [-0.3, -0.25) is 4.79 Å². The molecule has 0 saturated carbocycles. The lowest BCUT2D eigenvalue weighted by Crippen LogP contribution is -2.06. The molecule has 1 aromatic heterocycles. The normalized spacial score (nSPS) is 11.2. The van der Waals surface area contributed by atoms with Crippen LogP contribution in [0.4, 0.5) is 0 Å². The van der Waals surface area contributed by atoms with Crippen molar-refractivity contribution in [1.82, 2.24) is 0 Å². The third-order valence-corrected chi connectivity index (χ3v) is 3.99. The van der Waals surface area contributed by atoms with E-state index in [9.17, 15) is 4.79 Å². The summed E-state index contributed by atoms with van der Waals surface area (Å²) in [4.78, 5) is 12.8. The highest BCUT2D eigenvalue weighted by Gasteiger charge is 2.18. The number of fused-ring (bicyclic) bond motifs is 2. The van der Waals surface area contributed by atoms with E-state index in [1.165, 1.54) is 0 Å². The van der Waals surface area contributed by atoms with Crippen molar-refractivity contribution in [2.45, 2.75) is 26.7 Å². The van der Waals surface area contributed by atoms with Crippen LogP contribution in [0.1, 0.15) is 25.0 Å². The van der Waals surface area contributed by atoms with Crippen LogP contribution in [0.3, 0.4) is 0 Å². The summed E-state index contributed by atoms with van der Waals surface area (Å²) in [6.45, 7) is 4.07. The Hall–Kier alpha value is -1.94. The lowest BCUT2D eigenvalue weighted by atomic mass is 10.00. The Morgan fingerprint density at radius 3 is 2.52 bits per heavy atom. The summed E-state index contributed by atoms with van der Waals surface area (Å²) in [7, 11) is 0. The fourth-order valence-corrected chi connectivity index (χ4v) is 2.91. The van der Waals surface area contributed by atoms with Gasteiger partial charge in [-0.05, 0) is 42.2 Å². The molecular formula is C17H16O3S. The standard InChI is InChI=1S/C17H16O3S/c1-3-10-9-11(4-2)17(20-21)14-15(18)12-7-5-6-8-13(12)19-16(10)14/h5-9,21H,3-4H2,1-2H3. The van der Waals surface area contributed by atoms with Crippen molar-refractivity contribution in [2.75, 3.05) is 0 Å². The minimum absolute atomic E-state index is 0.0686. The molecule has 1 heterocycles. The van der Waals surface area contributed by atoms with Crippen LogP contribution in [0.5, 0.6) is 5.75 Å². The van der Waals surface area contributed by atoms with Gasteiger partial charge in [0.15, 0.2) is 5.75 Å². The lowest BCUT2D eigenvalue weighted by molar-refractivity contribution is 0.634. The average Bonchev–Trinajstić information content (AvgIpc) is 2.53. The molecule has 21 heavy (non-hydrogen) atoms. The summed E-state index contributed by atoms with van der Waals surface area (Å²) in [5, 5.41) is 1.05. The molecule has 0 unspecified atom stereocenters. The number of benzene rings is 2. The molecular weight excluding hydrogens is 284 g/mol. The minimum Gasteiger partial charge on any atom is -0.455 e. The number of hydrogen-bond donors (Lipinski definition) is 1. The van der Waals surface area contributed by atoms with Crippen LogP contribution in [0, 0.1) is 0 Å². The van der Waals surface area contributed by atoms with E-state index in [4.69, 9.17) is 8.60 Å². The number of para-hydroxylation sites is 1. The lowest BCUT2D eigenvalue weighted by Gasteiger charge is -2.12. The van der Waals surface area contributed by atoms with Gasteiger partial charge in [0.2, 0.25) is 5.43 Å². The minimum atomic E-state index is -0.0686. The first-order valence-corrected chi connectivity index (χ1v) is 7.39.